The molecule has 0 aromatic heterocycles. The fourth-order valence-electron chi connectivity index (χ4n) is 4.60. The molecule has 0 heterocycles. The highest BCUT2D eigenvalue weighted by Crippen LogP contribution is 2.31. The van der Waals surface area contributed by atoms with Gasteiger partial charge in [0, 0.05) is 22.7 Å². The van der Waals surface area contributed by atoms with Crippen molar-refractivity contribution in [2.45, 2.75) is 41.5 Å². The van der Waals surface area contributed by atoms with Crippen LogP contribution in [0.1, 0.15) is 33.4 Å². The van der Waals surface area contributed by atoms with Crippen LogP contribution in [0.3, 0.4) is 0 Å². The molecular weight excluding hydrogens is 388 g/mol. The molecule has 0 atom stereocenters. The number of rotatable bonds is 5. The molecule has 32 heavy (non-hydrogen) atoms. The van der Waals surface area contributed by atoms with E-state index >= 15 is 0 Å². The first kappa shape index (κ1) is 21.7. The Hall–Kier alpha value is -3.52. The van der Waals surface area contributed by atoms with Crippen molar-refractivity contribution in [1.29, 1.82) is 0 Å². The van der Waals surface area contributed by atoms with E-state index < -0.39 is 0 Å². The summed E-state index contributed by atoms with van der Waals surface area (Å²) in [6.07, 6.45) is 0. The topological polar surface area (TPSA) is 24.1 Å². The van der Waals surface area contributed by atoms with Crippen LogP contribution in [0.5, 0.6) is 0 Å². The largest absolute Gasteiger partial charge is 0.355 e. The average molecular weight is 421 g/mol. The lowest BCUT2D eigenvalue weighted by molar-refractivity contribution is 1.31. The van der Waals surface area contributed by atoms with Crippen molar-refractivity contribution >= 4 is 22.7 Å². The van der Waals surface area contributed by atoms with Crippen LogP contribution in [-0.4, -0.2) is 0 Å². The maximum Gasteiger partial charge on any atom is 0.0443 e. The smallest absolute Gasteiger partial charge is 0.0443 e. The van der Waals surface area contributed by atoms with Gasteiger partial charge in [-0.25, -0.2) is 0 Å². The highest BCUT2D eigenvalue weighted by atomic mass is 14.9. The van der Waals surface area contributed by atoms with Gasteiger partial charge in [0.05, 0.1) is 0 Å². The zero-order valence-corrected chi connectivity index (χ0v) is 19.9. The summed E-state index contributed by atoms with van der Waals surface area (Å²) in [7, 11) is 0. The van der Waals surface area contributed by atoms with Crippen molar-refractivity contribution < 1.29 is 0 Å². The molecule has 2 N–H and O–H groups in total. The summed E-state index contributed by atoms with van der Waals surface area (Å²) in [6, 6.07) is 26.2. The second-order valence-corrected chi connectivity index (χ2v) is 8.96. The molecule has 0 fully saturated rings. The fraction of sp³-hybridized carbons (Fsp3) is 0.200. The Balaban J connectivity index is 1.62. The molecule has 0 spiro atoms. The second kappa shape index (κ2) is 8.92. The molecule has 4 aromatic carbocycles. The minimum atomic E-state index is 1.10. The molecule has 2 heteroatoms. The van der Waals surface area contributed by atoms with Gasteiger partial charge in [-0.05, 0) is 99.2 Å². The first-order chi connectivity index (χ1) is 15.3. The van der Waals surface area contributed by atoms with Gasteiger partial charge in [0.25, 0.3) is 0 Å². The highest BCUT2D eigenvalue weighted by molar-refractivity contribution is 5.76. The predicted octanol–water partition coefficient (Wildman–Crippen LogP) is 8.69. The van der Waals surface area contributed by atoms with E-state index in [2.05, 4.69) is 125 Å². The van der Waals surface area contributed by atoms with Gasteiger partial charge in [-0.3, -0.25) is 0 Å². The SMILES string of the molecule is Cc1cc(C)c(Nc2cccc(-c3cccc(Nc4c(C)cc(C)cc4C)c3)c2)c(C)c1. The standard InChI is InChI=1S/C30H32N2/c1-19-13-21(3)29(22(4)14-19)31-27-11-7-9-25(17-27)26-10-8-12-28(18-26)32-30-23(5)15-20(2)16-24(30)6/h7-18,31-32H,1-6H3. The van der Waals surface area contributed by atoms with Gasteiger partial charge < -0.3 is 10.6 Å². The van der Waals surface area contributed by atoms with E-state index in [1.165, 1.54) is 55.9 Å². The summed E-state index contributed by atoms with van der Waals surface area (Å²) in [5.74, 6) is 0. The first-order valence-corrected chi connectivity index (χ1v) is 11.2. The number of aryl methyl sites for hydroxylation is 6. The zero-order chi connectivity index (χ0) is 22.8. The van der Waals surface area contributed by atoms with Crippen molar-refractivity contribution in [3.8, 4) is 11.1 Å². The molecule has 0 unspecified atom stereocenters. The van der Waals surface area contributed by atoms with Gasteiger partial charge >= 0.3 is 0 Å². The van der Waals surface area contributed by atoms with Crippen molar-refractivity contribution in [1.82, 2.24) is 0 Å². The summed E-state index contributed by atoms with van der Waals surface area (Å²) >= 11 is 0. The van der Waals surface area contributed by atoms with Gasteiger partial charge in [-0.2, -0.15) is 0 Å². The Bertz CT molecular complexity index is 1140. The molecule has 0 aliphatic heterocycles. The Morgan fingerprint density at radius 2 is 0.781 bits per heavy atom. The third kappa shape index (κ3) is 4.70. The molecular formula is C30H32N2. The lowest BCUT2D eigenvalue weighted by Crippen LogP contribution is -1.98. The molecule has 4 rings (SSSR count). The van der Waals surface area contributed by atoms with Gasteiger partial charge in [0.1, 0.15) is 0 Å². The summed E-state index contributed by atoms with van der Waals surface area (Å²) in [5.41, 5.74) is 14.6. The first-order valence-electron chi connectivity index (χ1n) is 11.2. The molecule has 0 bridgehead atoms. The van der Waals surface area contributed by atoms with Crippen LogP contribution in [0.25, 0.3) is 11.1 Å². The second-order valence-electron chi connectivity index (χ2n) is 8.96. The van der Waals surface area contributed by atoms with Crippen LogP contribution >= 0.6 is 0 Å². The van der Waals surface area contributed by atoms with E-state index in [1.54, 1.807) is 0 Å². The predicted molar refractivity (Wildman–Crippen MR) is 140 cm³/mol. The van der Waals surface area contributed by atoms with E-state index in [1.807, 2.05) is 0 Å². The third-order valence-electron chi connectivity index (χ3n) is 5.95. The summed E-state index contributed by atoms with van der Waals surface area (Å²) in [5, 5.41) is 7.27. The third-order valence-corrected chi connectivity index (χ3v) is 5.95. The number of benzene rings is 4. The van der Waals surface area contributed by atoms with Crippen LogP contribution in [0, 0.1) is 41.5 Å². The van der Waals surface area contributed by atoms with Crippen LogP contribution in [0.15, 0.2) is 72.8 Å². The van der Waals surface area contributed by atoms with Crippen LogP contribution in [0.4, 0.5) is 22.7 Å². The monoisotopic (exact) mass is 420 g/mol. The van der Waals surface area contributed by atoms with Crippen LogP contribution in [0.2, 0.25) is 0 Å². The van der Waals surface area contributed by atoms with Gasteiger partial charge in [0.2, 0.25) is 0 Å². The van der Waals surface area contributed by atoms with E-state index in [0.29, 0.717) is 0 Å². The zero-order valence-electron chi connectivity index (χ0n) is 19.9. The Kier molecular flexibility index (Phi) is 6.05. The summed E-state index contributed by atoms with van der Waals surface area (Å²) in [6.45, 7) is 12.9. The molecule has 0 saturated carbocycles. The average Bonchev–Trinajstić information content (AvgIpc) is 2.74. The molecule has 0 radical (unpaired) electrons. The lowest BCUT2D eigenvalue weighted by Gasteiger charge is -2.16. The van der Waals surface area contributed by atoms with Gasteiger partial charge in [0.15, 0.2) is 0 Å². The molecule has 2 nitrogen and oxygen atoms in total. The Morgan fingerprint density at radius 1 is 0.438 bits per heavy atom. The molecule has 0 aliphatic rings. The van der Waals surface area contributed by atoms with Crippen molar-refractivity contribution in [2.75, 3.05) is 10.6 Å². The van der Waals surface area contributed by atoms with Gasteiger partial charge in [-0.1, -0.05) is 59.7 Å². The number of anilines is 4. The van der Waals surface area contributed by atoms with Crippen LogP contribution in [-0.2, 0) is 0 Å². The number of hydrogen-bond donors (Lipinski definition) is 2. The summed E-state index contributed by atoms with van der Waals surface area (Å²) < 4.78 is 0. The molecule has 0 amide bonds. The fourth-order valence-corrected chi connectivity index (χ4v) is 4.60. The highest BCUT2D eigenvalue weighted by Gasteiger charge is 2.08. The van der Waals surface area contributed by atoms with E-state index in [9.17, 15) is 0 Å². The number of nitrogens with one attached hydrogen (secondary N) is 2. The molecule has 162 valence electrons. The van der Waals surface area contributed by atoms with E-state index in [0.717, 1.165) is 11.4 Å². The van der Waals surface area contributed by atoms with E-state index in [4.69, 9.17) is 0 Å². The normalized spacial score (nSPS) is 10.8. The van der Waals surface area contributed by atoms with E-state index in [-0.39, 0.29) is 0 Å². The minimum Gasteiger partial charge on any atom is -0.355 e. The van der Waals surface area contributed by atoms with Crippen molar-refractivity contribution in [2.24, 2.45) is 0 Å². The lowest BCUT2D eigenvalue weighted by atomic mass is 10.0. The van der Waals surface area contributed by atoms with Crippen molar-refractivity contribution in [3.05, 3.63) is 106 Å². The maximum absolute atomic E-state index is 3.64. The Labute approximate surface area is 192 Å². The molecule has 0 aliphatic carbocycles. The molecule has 4 aromatic rings. The minimum absolute atomic E-state index is 1.10. The van der Waals surface area contributed by atoms with Crippen LogP contribution < -0.4 is 10.6 Å². The number of hydrogen-bond acceptors (Lipinski definition) is 2. The quantitative estimate of drug-likeness (QED) is 0.337. The Morgan fingerprint density at radius 3 is 1.12 bits per heavy atom. The molecule has 0 saturated heterocycles. The van der Waals surface area contributed by atoms with Crippen molar-refractivity contribution in [3.63, 3.8) is 0 Å². The summed E-state index contributed by atoms with van der Waals surface area (Å²) in [4.78, 5) is 0. The van der Waals surface area contributed by atoms with Gasteiger partial charge in [-0.15, -0.1) is 0 Å². The maximum atomic E-state index is 3.64.